The molecule has 0 bridgehead atoms. The van der Waals surface area contributed by atoms with Crippen molar-refractivity contribution in [1.29, 1.82) is 0 Å². The van der Waals surface area contributed by atoms with Gasteiger partial charge in [-0.05, 0) is 29.3 Å². The molecule has 0 saturated carbocycles. The van der Waals surface area contributed by atoms with E-state index >= 15 is 0 Å². The van der Waals surface area contributed by atoms with Crippen molar-refractivity contribution in [2.24, 2.45) is 5.73 Å². The fraction of sp³-hybridized carbons (Fsp3) is 0.0833. The van der Waals surface area contributed by atoms with E-state index in [1.807, 2.05) is 37.3 Å². The van der Waals surface area contributed by atoms with Crippen molar-refractivity contribution < 1.29 is 10.3 Å². The minimum absolute atomic E-state index is 0. The largest absolute Gasteiger partial charge is 0.412 e. The first-order valence-corrected chi connectivity index (χ1v) is 4.48. The highest BCUT2D eigenvalue weighted by Gasteiger charge is 2.06. The zero-order valence-electron chi connectivity index (χ0n) is 8.45. The van der Waals surface area contributed by atoms with Crippen molar-refractivity contribution in [3.63, 3.8) is 0 Å². The third-order valence-electron chi connectivity index (χ3n) is 2.46. The number of carbonyl (C=O) groups excluding carboxylic acids is 1. The second-order valence-corrected chi connectivity index (χ2v) is 3.32. The zero-order chi connectivity index (χ0) is 10.1. The van der Waals surface area contributed by atoms with Gasteiger partial charge in [-0.2, -0.15) is 0 Å². The first kappa shape index (κ1) is 11.2. The highest BCUT2D eigenvalue weighted by atomic mass is 16.1. The molecule has 0 aliphatic carbocycles. The van der Waals surface area contributed by atoms with E-state index in [1.54, 1.807) is 6.07 Å². The van der Waals surface area contributed by atoms with Crippen LogP contribution in [-0.4, -0.2) is 11.4 Å². The van der Waals surface area contributed by atoms with Crippen LogP contribution in [0.1, 0.15) is 15.9 Å². The van der Waals surface area contributed by atoms with Crippen molar-refractivity contribution in [1.82, 2.24) is 0 Å². The predicted octanol–water partition coefficient (Wildman–Crippen LogP) is 1.42. The van der Waals surface area contributed by atoms with Crippen molar-refractivity contribution in [3.05, 3.63) is 47.5 Å². The van der Waals surface area contributed by atoms with Crippen molar-refractivity contribution in [2.75, 3.05) is 0 Å². The van der Waals surface area contributed by atoms with E-state index in [1.165, 1.54) is 0 Å². The summed E-state index contributed by atoms with van der Waals surface area (Å²) in [4.78, 5) is 11.1. The van der Waals surface area contributed by atoms with E-state index in [-0.39, 0.29) is 11.4 Å². The van der Waals surface area contributed by atoms with Crippen LogP contribution in [0.5, 0.6) is 0 Å². The summed E-state index contributed by atoms with van der Waals surface area (Å²) in [5.74, 6) is -0.367. The summed E-state index contributed by atoms with van der Waals surface area (Å²) in [5, 5.41) is 2.22. The molecule has 0 saturated heterocycles. The molecule has 2 aromatic rings. The van der Waals surface area contributed by atoms with Gasteiger partial charge in [0.25, 0.3) is 0 Å². The van der Waals surface area contributed by atoms with E-state index < -0.39 is 0 Å². The first-order chi connectivity index (χ1) is 6.70. The number of primary amides is 1. The van der Waals surface area contributed by atoms with Crippen LogP contribution in [0.25, 0.3) is 10.8 Å². The first-order valence-electron chi connectivity index (χ1n) is 4.48. The van der Waals surface area contributed by atoms with E-state index in [0.717, 1.165) is 16.3 Å². The molecule has 0 radical (unpaired) electrons. The average Bonchev–Trinajstić information content (AvgIpc) is 2.18. The Morgan fingerprint density at radius 2 is 1.80 bits per heavy atom. The highest BCUT2D eigenvalue weighted by Crippen LogP contribution is 2.20. The summed E-state index contributed by atoms with van der Waals surface area (Å²) in [5.41, 5.74) is 6.82. The predicted molar refractivity (Wildman–Crippen MR) is 60.8 cm³/mol. The summed E-state index contributed by atoms with van der Waals surface area (Å²) in [7, 11) is 0. The normalized spacial score (nSPS) is 9.67. The maximum absolute atomic E-state index is 11.1. The Kier molecular flexibility index (Phi) is 3.07. The van der Waals surface area contributed by atoms with Gasteiger partial charge in [-0.25, -0.2) is 0 Å². The molecule has 1 amide bonds. The summed E-state index contributed by atoms with van der Waals surface area (Å²) in [6.07, 6.45) is 0. The van der Waals surface area contributed by atoms with E-state index in [9.17, 15) is 4.79 Å². The molecule has 3 heteroatoms. The molecule has 0 unspecified atom stereocenters. The van der Waals surface area contributed by atoms with Crippen LogP contribution in [0, 0.1) is 6.92 Å². The van der Waals surface area contributed by atoms with Gasteiger partial charge in [0.05, 0.1) is 0 Å². The maximum Gasteiger partial charge on any atom is 0.248 e. The van der Waals surface area contributed by atoms with Gasteiger partial charge >= 0.3 is 0 Å². The number of nitrogens with two attached hydrogens (primary N) is 1. The molecule has 0 fully saturated rings. The van der Waals surface area contributed by atoms with Gasteiger partial charge in [-0.1, -0.05) is 30.3 Å². The molecule has 0 heterocycles. The van der Waals surface area contributed by atoms with Crippen LogP contribution in [0.2, 0.25) is 0 Å². The van der Waals surface area contributed by atoms with Crippen molar-refractivity contribution >= 4 is 16.7 Å². The smallest absolute Gasteiger partial charge is 0.248 e. The van der Waals surface area contributed by atoms with Gasteiger partial charge in [-0.3, -0.25) is 4.79 Å². The number of aryl methyl sites for hydroxylation is 1. The van der Waals surface area contributed by atoms with Crippen molar-refractivity contribution in [3.8, 4) is 0 Å². The fourth-order valence-electron chi connectivity index (χ4n) is 1.69. The monoisotopic (exact) mass is 203 g/mol. The molecular weight excluding hydrogens is 190 g/mol. The minimum atomic E-state index is -0.367. The standard InChI is InChI=1S/C12H11NO.H2O/c1-8-10-5-3-2-4-9(10)6-7-11(8)12(13)14;/h2-7H,1H3,(H2,13,14);1H2. The molecule has 2 rings (SSSR count). The number of amides is 1. The van der Waals surface area contributed by atoms with Crippen LogP contribution in [0.4, 0.5) is 0 Å². The fourth-order valence-corrected chi connectivity index (χ4v) is 1.69. The second kappa shape index (κ2) is 4.11. The minimum Gasteiger partial charge on any atom is -0.412 e. The number of hydrogen-bond donors (Lipinski definition) is 1. The lowest BCUT2D eigenvalue weighted by Crippen LogP contribution is -2.12. The molecule has 0 aliphatic heterocycles. The molecule has 4 N–H and O–H groups in total. The van der Waals surface area contributed by atoms with Gasteiger partial charge in [0.1, 0.15) is 0 Å². The summed E-state index contributed by atoms with van der Waals surface area (Å²) in [6.45, 7) is 1.92. The Labute approximate surface area is 87.8 Å². The second-order valence-electron chi connectivity index (χ2n) is 3.32. The Morgan fingerprint density at radius 1 is 1.13 bits per heavy atom. The van der Waals surface area contributed by atoms with E-state index in [4.69, 9.17) is 5.73 Å². The average molecular weight is 203 g/mol. The quantitative estimate of drug-likeness (QED) is 0.747. The molecule has 78 valence electrons. The SMILES string of the molecule is Cc1c(C(N)=O)ccc2ccccc12.O. The molecule has 0 atom stereocenters. The molecule has 2 aromatic carbocycles. The maximum atomic E-state index is 11.1. The molecule has 3 nitrogen and oxygen atoms in total. The molecule has 15 heavy (non-hydrogen) atoms. The Hall–Kier alpha value is -1.87. The third kappa shape index (κ3) is 1.82. The van der Waals surface area contributed by atoms with E-state index in [0.29, 0.717) is 5.56 Å². The molecule has 0 spiro atoms. The Bertz CT molecular complexity index is 506. The Morgan fingerprint density at radius 3 is 2.47 bits per heavy atom. The lowest BCUT2D eigenvalue weighted by Gasteiger charge is -2.05. The summed E-state index contributed by atoms with van der Waals surface area (Å²) in [6, 6.07) is 11.7. The van der Waals surface area contributed by atoms with Crippen LogP contribution < -0.4 is 5.73 Å². The van der Waals surface area contributed by atoms with Crippen LogP contribution in [0.3, 0.4) is 0 Å². The summed E-state index contributed by atoms with van der Waals surface area (Å²) < 4.78 is 0. The number of benzene rings is 2. The number of hydrogen-bond acceptors (Lipinski definition) is 1. The highest BCUT2D eigenvalue weighted by molar-refractivity contribution is 6.00. The lowest BCUT2D eigenvalue weighted by atomic mass is 10.00. The van der Waals surface area contributed by atoms with Crippen LogP contribution >= 0.6 is 0 Å². The van der Waals surface area contributed by atoms with Gasteiger partial charge in [0.15, 0.2) is 0 Å². The van der Waals surface area contributed by atoms with E-state index in [2.05, 4.69) is 0 Å². The van der Waals surface area contributed by atoms with Crippen LogP contribution in [0.15, 0.2) is 36.4 Å². The summed E-state index contributed by atoms with van der Waals surface area (Å²) >= 11 is 0. The third-order valence-corrected chi connectivity index (χ3v) is 2.46. The number of fused-ring (bicyclic) bond motifs is 1. The lowest BCUT2D eigenvalue weighted by molar-refractivity contribution is 0.1000. The van der Waals surface area contributed by atoms with Crippen LogP contribution in [-0.2, 0) is 0 Å². The van der Waals surface area contributed by atoms with Gasteiger partial charge < -0.3 is 11.2 Å². The zero-order valence-corrected chi connectivity index (χ0v) is 8.45. The Balaban J connectivity index is 0.00000112. The number of rotatable bonds is 1. The molecular formula is C12H13NO2. The van der Waals surface area contributed by atoms with Gasteiger partial charge in [0.2, 0.25) is 5.91 Å². The van der Waals surface area contributed by atoms with Crippen molar-refractivity contribution in [2.45, 2.75) is 6.92 Å². The molecule has 0 aromatic heterocycles. The topological polar surface area (TPSA) is 74.6 Å². The number of carbonyl (C=O) groups is 1. The molecule has 0 aliphatic rings. The van der Waals surface area contributed by atoms with Gasteiger partial charge in [-0.15, -0.1) is 0 Å². The van der Waals surface area contributed by atoms with Gasteiger partial charge in [0, 0.05) is 5.56 Å².